The van der Waals surface area contributed by atoms with Crippen LogP contribution in [0, 0.1) is 0 Å². The van der Waals surface area contributed by atoms with Gasteiger partial charge in [-0.05, 0) is 6.08 Å². The second kappa shape index (κ2) is 3.50. The molecular weight excluding hydrogens is 132 g/mol. The topological polar surface area (TPSA) is 57.5 Å². The van der Waals surface area contributed by atoms with Crippen LogP contribution in [0.15, 0.2) is 36.6 Å². The van der Waals surface area contributed by atoms with Gasteiger partial charge in [0.1, 0.15) is 11.3 Å². The van der Waals surface area contributed by atoms with Crippen molar-refractivity contribution in [3.63, 3.8) is 0 Å². The molecular formula is C7H8O3. The average molecular weight is 140 g/mol. The van der Waals surface area contributed by atoms with Gasteiger partial charge < -0.3 is 10.2 Å². The zero-order chi connectivity index (χ0) is 8.15. The molecule has 0 atom stereocenters. The summed E-state index contributed by atoms with van der Waals surface area (Å²) in [6, 6.07) is 0. The molecule has 0 aromatic carbocycles. The minimum Gasteiger partial charge on any atom is -0.507 e. The molecule has 0 spiro atoms. The van der Waals surface area contributed by atoms with E-state index in [-0.39, 0.29) is 11.3 Å². The zero-order valence-electron chi connectivity index (χ0n) is 5.37. The third kappa shape index (κ3) is 1.78. The van der Waals surface area contributed by atoms with Crippen molar-refractivity contribution in [2.24, 2.45) is 0 Å². The summed E-state index contributed by atoms with van der Waals surface area (Å²) in [7, 11) is 0. The third-order valence-corrected chi connectivity index (χ3v) is 0.904. The van der Waals surface area contributed by atoms with Crippen molar-refractivity contribution in [3.05, 3.63) is 36.6 Å². The number of hydrogen-bond acceptors (Lipinski definition) is 2. The van der Waals surface area contributed by atoms with Crippen LogP contribution in [-0.2, 0) is 4.79 Å². The van der Waals surface area contributed by atoms with Gasteiger partial charge in [-0.25, -0.2) is 4.79 Å². The van der Waals surface area contributed by atoms with Crippen molar-refractivity contribution in [3.8, 4) is 0 Å². The predicted molar refractivity (Wildman–Crippen MR) is 37.7 cm³/mol. The Morgan fingerprint density at radius 1 is 1.20 bits per heavy atom. The van der Waals surface area contributed by atoms with E-state index in [1.165, 1.54) is 0 Å². The molecule has 54 valence electrons. The van der Waals surface area contributed by atoms with Crippen molar-refractivity contribution in [1.82, 2.24) is 0 Å². The lowest BCUT2D eigenvalue weighted by molar-refractivity contribution is -0.132. The van der Waals surface area contributed by atoms with Crippen molar-refractivity contribution in [2.75, 3.05) is 0 Å². The van der Waals surface area contributed by atoms with Gasteiger partial charge in [0.25, 0.3) is 0 Å². The molecule has 0 aliphatic heterocycles. The monoisotopic (exact) mass is 140 g/mol. The Labute approximate surface area is 58.6 Å². The van der Waals surface area contributed by atoms with Crippen LogP contribution >= 0.6 is 0 Å². The summed E-state index contributed by atoms with van der Waals surface area (Å²) in [5.41, 5.74) is -0.241. The van der Waals surface area contributed by atoms with Gasteiger partial charge in [-0.15, -0.1) is 0 Å². The molecule has 0 aromatic rings. The van der Waals surface area contributed by atoms with Gasteiger partial charge in [-0.1, -0.05) is 19.2 Å². The van der Waals surface area contributed by atoms with Crippen molar-refractivity contribution < 1.29 is 15.0 Å². The van der Waals surface area contributed by atoms with Gasteiger partial charge in [-0.3, -0.25) is 0 Å². The highest BCUT2D eigenvalue weighted by Crippen LogP contribution is 2.02. The average Bonchev–Trinajstić information content (AvgIpc) is 1.88. The number of carboxylic acids is 1. The highest BCUT2D eigenvalue weighted by molar-refractivity contribution is 5.90. The lowest BCUT2D eigenvalue weighted by Crippen LogP contribution is -2.00. The minimum absolute atomic E-state index is 0.241. The normalized spacial score (nSPS) is 11.6. The summed E-state index contributed by atoms with van der Waals surface area (Å²) in [4.78, 5) is 10.2. The van der Waals surface area contributed by atoms with Gasteiger partial charge >= 0.3 is 5.97 Å². The Balaban J connectivity index is 4.79. The van der Waals surface area contributed by atoms with E-state index in [4.69, 9.17) is 10.2 Å². The molecule has 0 saturated carbocycles. The zero-order valence-corrected chi connectivity index (χ0v) is 5.37. The van der Waals surface area contributed by atoms with E-state index in [1.54, 1.807) is 0 Å². The first-order valence-corrected chi connectivity index (χ1v) is 2.55. The lowest BCUT2D eigenvalue weighted by atomic mass is 10.2. The molecule has 0 unspecified atom stereocenters. The number of carboxylic acid groups (broad SMARTS) is 1. The van der Waals surface area contributed by atoms with Crippen LogP contribution in [0.4, 0.5) is 0 Å². The van der Waals surface area contributed by atoms with Crippen LogP contribution in [0.1, 0.15) is 0 Å². The Bertz CT molecular complexity index is 201. The number of aliphatic hydroxyl groups is 1. The van der Waals surface area contributed by atoms with Gasteiger partial charge in [0, 0.05) is 0 Å². The van der Waals surface area contributed by atoms with E-state index >= 15 is 0 Å². The molecule has 10 heavy (non-hydrogen) atoms. The summed E-state index contributed by atoms with van der Waals surface area (Å²) in [6.45, 7) is 6.40. The van der Waals surface area contributed by atoms with Crippen LogP contribution in [0.3, 0.4) is 0 Å². The van der Waals surface area contributed by atoms with E-state index in [0.29, 0.717) is 0 Å². The van der Waals surface area contributed by atoms with Gasteiger partial charge in [-0.2, -0.15) is 0 Å². The Morgan fingerprint density at radius 2 is 1.70 bits per heavy atom. The quantitative estimate of drug-likeness (QED) is 0.352. The van der Waals surface area contributed by atoms with Crippen LogP contribution in [0.25, 0.3) is 0 Å². The Kier molecular flexibility index (Phi) is 2.97. The first-order chi connectivity index (χ1) is 4.63. The van der Waals surface area contributed by atoms with E-state index < -0.39 is 5.97 Å². The summed E-state index contributed by atoms with van der Waals surface area (Å²) in [5.74, 6) is -1.59. The molecule has 0 radical (unpaired) electrons. The molecule has 0 heterocycles. The SMILES string of the molecule is C=C/C(O)=C(\C=C)C(=O)O. The number of carbonyl (C=O) groups is 1. The third-order valence-electron chi connectivity index (χ3n) is 0.904. The molecule has 0 amide bonds. The fourth-order valence-corrected chi connectivity index (χ4v) is 0.411. The van der Waals surface area contributed by atoms with Gasteiger partial charge in [0.2, 0.25) is 0 Å². The molecule has 2 N–H and O–H groups in total. The molecule has 0 aliphatic rings. The van der Waals surface area contributed by atoms with E-state index in [0.717, 1.165) is 12.2 Å². The molecule has 0 saturated heterocycles. The Hall–Kier alpha value is -1.51. The highest BCUT2D eigenvalue weighted by Gasteiger charge is 2.06. The smallest absolute Gasteiger partial charge is 0.339 e. The maximum absolute atomic E-state index is 10.2. The van der Waals surface area contributed by atoms with E-state index in [2.05, 4.69) is 13.2 Å². The standard InChI is InChI=1S/C7H8O3/c1-3-5(7(9)10)6(8)4-2/h3-4,8H,1-2H2,(H,9,10)/b6-5-. The number of allylic oxidation sites excluding steroid dienone is 1. The van der Waals surface area contributed by atoms with Crippen LogP contribution < -0.4 is 0 Å². The molecule has 0 bridgehead atoms. The summed E-state index contributed by atoms with van der Waals surface area (Å²) in [6.07, 6.45) is 2.10. The van der Waals surface area contributed by atoms with Crippen LogP contribution in [0.5, 0.6) is 0 Å². The van der Waals surface area contributed by atoms with E-state index in [1.807, 2.05) is 0 Å². The number of rotatable bonds is 3. The first-order valence-electron chi connectivity index (χ1n) is 2.55. The number of hydrogen-bond donors (Lipinski definition) is 2. The van der Waals surface area contributed by atoms with Gasteiger partial charge in [0.15, 0.2) is 0 Å². The molecule has 0 fully saturated rings. The lowest BCUT2D eigenvalue weighted by Gasteiger charge is -1.94. The summed E-state index contributed by atoms with van der Waals surface area (Å²) >= 11 is 0. The maximum Gasteiger partial charge on any atom is 0.339 e. The fraction of sp³-hybridized carbons (Fsp3) is 0. The maximum atomic E-state index is 10.2. The molecule has 3 nitrogen and oxygen atoms in total. The predicted octanol–water partition coefficient (Wildman–Crippen LogP) is 1.26. The van der Waals surface area contributed by atoms with Crippen molar-refractivity contribution in [2.45, 2.75) is 0 Å². The van der Waals surface area contributed by atoms with Crippen molar-refractivity contribution >= 4 is 5.97 Å². The largest absolute Gasteiger partial charge is 0.507 e. The second-order valence-corrected chi connectivity index (χ2v) is 1.51. The van der Waals surface area contributed by atoms with Crippen LogP contribution in [-0.4, -0.2) is 16.2 Å². The highest BCUT2D eigenvalue weighted by atomic mass is 16.4. The Morgan fingerprint density at radius 3 is 1.80 bits per heavy atom. The minimum atomic E-state index is -1.22. The summed E-state index contributed by atoms with van der Waals surface area (Å²) in [5, 5.41) is 17.1. The molecule has 0 aromatic heterocycles. The first kappa shape index (κ1) is 8.49. The van der Waals surface area contributed by atoms with E-state index in [9.17, 15) is 4.79 Å². The number of aliphatic hydroxyl groups excluding tert-OH is 1. The number of aliphatic carboxylic acids is 1. The van der Waals surface area contributed by atoms with Crippen LogP contribution in [0.2, 0.25) is 0 Å². The molecule has 0 rings (SSSR count). The van der Waals surface area contributed by atoms with Crippen molar-refractivity contribution in [1.29, 1.82) is 0 Å². The van der Waals surface area contributed by atoms with Gasteiger partial charge in [0.05, 0.1) is 0 Å². The second-order valence-electron chi connectivity index (χ2n) is 1.51. The summed E-state index contributed by atoms with van der Waals surface area (Å²) < 4.78 is 0. The molecule has 0 aliphatic carbocycles. The molecule has 3 heteroatoms. The fourth-order valence-electron chi connectivity index (χ4n) is 0.411.